The van der Waals surface area contributed by atoms with Crippen molar-refractivity contribution < 1.29 is 18.7 Å². The number of ether oxygens (including phenoxy) is 1. The normalized spacial score (nSPS) is 30.0. The summed E-state index contributed by atoms with van der Waals surface area (Å²) in [5.74, 6) is -2.26. The molecule has 3 aliphatic rings. The number of pyridine rings is 1. The molecule has 2 saturated heterocycles. The maximum Gasteiger partial charge on any atom is 0.234 e. The molecule has 4 heterocycles. The van der Waals surface area contributed by atoms with Gasteiger partial charge in [-0.1, -0.05) is 24.3 Å². The summed E-state index contributed by atoms with van der Waals surface area (Å²) >= 11 is 0. The second kappa shape index (κ2) is 6.24. The first-order valence-electron chi connectivity index (χ1n) is 9.19. The zero-order valence-electron chi connectivity index (χ0n) is 14.9. The number of amides is 2. The molecule has 0 radical (unpaired) electrons. The van der Waals surface area contributed by atoms with Gasteiger partial charge in [0.1, 0.15) is 11.4 Å². The molecule has 1 spiro atoms. The zero-order valence-corrected chi connectivity index (χ0v) is 14.9. The van der Waals surface area contributed by atoms with Crippen LogP contribution < -0.4 is 10.2 Å². The van der Waals surface area contributed by atoms with Crippen molar-refractivity contribution in [1.29, 1.82) is 0 Å². The van der Waals surface area contributed by atoms with E-state index in [1.165, 1.54) is 11.0 Å². The second-order valence-corrected chi connectivity index (χ2v) is 7.35. The van der Waals surface area contributed by atoms with Crippen LogP contribution in [0.1, 0.15) is 5.56 Å². The van der Waals surface area contributed by atoms with Crippen LogP contribution in [-0.4, -0.2) is 35.0 Å². The van der Waals surface area contributed by atoms with Gasteiger partial charge in [0.2, 0.25) is 11.8 Å². The zero-order chi connectivity index (χ0) is 19.3. The van der Waals surface area contributed by atoms with Gasteiger partial charge in [0.05, 0.1) is 30.2 Å². The minimum absolute atomic E-state index is 0.207. The average molecular weight is 379 g/mol. The number of nitrogens with zero attached hydrogens (tertiary/aromatic N) is 2. The number of carbonyl (C=O) groups is 2. The molecule has 5 rings (SSSR count). The van der Waals surface area contributed by atoms with Crippen LogP contribution in [0.2, 0.25) is 0 Å². The topological polar surface area (TPSA) is 71.5 Å². The lowest BCUT2D eigenvalue weighted by Crippen LogP contribution is -2.44. The van der Waals surface area contributed by atoms with Crippen molar-refractivity contribution in [3.8, 4) is 0 Å². The highest BCUT2D eigenvalue weighted by Gasteiger charge is 2.67. The summed E-state index contributed by atoms with van der Waals surface area (Å²) in [6.07, 6.45) is 6.58. The fourth-order valence-corrected chi connectivity index (χ4v) is 4.48. The third-order valence-electron chi connectivity index (χ3n) is 5.76. The van der Waals surface area contributed by atoms with E-state index in [-0.39, 0.29) is 24.0 Å². The number of aromatic nitrogens is 1. The Morgan fingerprint density at radius 2 is 2.07 bits per heavy atom. The summed E-state index contributed by atoms with van der Waals surface area (Å²) < 4.78 is 20.3. The smallest absolute Gasteiger partial charge is 0.234 e. The molecule has 4 atom stereocenters. The summed E-state index contributed by atoms with van der Waals surface area (Å²) in [5.41, 5.74) is 0.263. The lowest BCUT2D eigenvalue weighted by molar-refractivity contribution is -0.132. The van der Waals surface area contributed by atoms with E-state index in [4.69, 9.17) is 4.74 Å². The fraction of sp³-hybridized carbons (Fsp3) is 0.286. The van der Waals surface area contributed by atoms with Crippen LogP contribution in [0, 0.1) is 17.7 Å². The van der Waals surface area contributed by atoms with Crippen LogP contribution in [0.25, 0.3) is 0 Å². The Kier molecular flexibility index (Phi) is 3.80. The quantitative estimate of drug-likeness (QED) is 0.823. The molecule has 2 amide bonds. The van der Waals surface area contributed by atoms with Gasteiger partial charge in [-0.25, -0.2) is 4.39 Å². The molecule has 1 aromatic heterocycles. The van der Waals surface area contributed by atoms with E-state index in [1.54, 1.807) is 30.6 Å². The van der Waals surface area contributed by atoms with Gasteiger partial charge in [-0.2, -0.15) is 0 Å². The number of fused-ring (bicyclic) bond motifs is 1. The Labute approximate surface area is 161 Å². The highest BCUT2D eigenvalue weighted by Crippen LogP contribution is 2.52. The SMILES string of the molecule is O=C(NCc1ccncc1)[C@H]1[C@@H]2C=C[C@@]3(CN(c4ccccc4F)C(=O)[C@H]13)O2. The van der Waals surface area contributed by atoms with E-state index in [0.29, 0.717) is 6.54 Å². The number of carbonyl (C=O) groups excluding carboxylic acids is 2. The first-order chi connectivity index (χ1) is 13.6. The van der Waals surface area contributed by atoms with E-state index in [2.05, 4.69) is 10.3 Å². The van der Waals surface area contributed by atoms with Crippen LogP contribution in [-0.2, 0) is 20.9 Å². The Bertz CT molecular complexity index is 980. The number of hydrogen-bond donors (Lipinski definition) is 1. The molecule has 3 aliphatic heterocycles. The Morgan fingerprint density at radius 1 is 1.29 bits per heavy atom. The monoisotopic (exact) mass is 379 g/mol. The van der Waals surface area contributed by atoms with Crippen LogP contribution in [0.4, 0.5) is 10.1 Å². The summed E-state index contributed by atoms with van der Waals surface area (Å²) in [6.45, 7) is 0.553. The molecule has 28 heavy (non-hydrogen) atoms. The number of anilines is 1. The van der Waals surface area contributed by atoms with E-state index < -0.39 is 29.4 Å². The maximum absolute atomic E-state index is 14.3. The standard InChI is InChI=1S/C21H18FN3O3/c22-14-3-1-2-4-15(14)25-12-21-8-5-16(28-21)17(18(21)20(25)27)19(26)24-11-13-6-9-23-10-7-13/h1-10,16-18H,11-12H2,(H,24,26)/t16-,17-,18-,21-/m0/s1. The second-order valence-electron chi connectivity index (χ2n) is 7.35. The molecule has 0 saturated carbocycles. The van der Waals surface area contributed by atoms with E-state index in [9.17, 15) is 14.0 Å². The van der Waals surface area contributed by atoms with E-state index in [0.717, 1.165) is 5.56 Å². The van der Waals surface area contributed by atoms with Gasteiger partial charge in [0.15, 0.2) is 0 Å². The Morgan fingerprint density at radius 3 is 2.86 bits per heavy atom. The molecule has 1 N–H and O–H groups in total. The lowest BCUT2D eigenvalue weighted by atomic mass is 9.77. The Balaban J connectivity index is 1.40. The third-order valence-corrected chi connectivity index (χ3v) is 5.76. The minimum atomic E-state index is -0.872. The largest absolute Gasteiger partial charge is 0.360 e. The lowest BCUT2D eigenvalue weighted by Gasteiger charge is -2.23. The highest BCUT2D eigenvalue weighted by molar-refractivity contribution is 6.03. The number of rotatable bonds is 4. The molecule has 142 valence electrons. The van der Waals surface area contributed by atoms with E-state index in [1.807, 2.05) is 24.3 Å². The minimum Gasteiger partial charge on any atom is -0.360 e. The van der Waals surface area contributed by atoms with Gasteiger partial charge in [0, 0.05) is 18.9 Å². The van der Waals surface area contributed by atoms with Gasteiger partial charge < -0.3 is 15.0 Å². The number of para-hydroxylation sites is 1. The molecule has 2 bridgehead atoms. The van der Waals surface area contributed by atoms with Gasteiger partial charge >= 0.3 is 0 Å². The highest BCUT2D eigenvalue weighted by atomic mass is 19.1. The van der Waals surface area contributed by atoms with Gasteiger partial charge in [-0.3, -0.25) is 14.6 Å². The molecule has 6 nitrogen and oxygen atoms in total. The molecule has 7 heteroatoms. The number of benzene rings is 1. The van der Waals surface area contributed by atoms with Crippen LogP contribution >= 0.6 is 0 Å². The summed E-state index contributed by atoms with van der Waals surface area (Å²) in [5, 5.41) is 2.90. The van der Waals surface area contributed by atoms with Crippen molar-refractivity contribution in [2.75, 3.05) is 11.4 Å². The molecule has 0 unspecified atom stereocenters. The van der Waals surface area contributed by atoms with Gasteiger partial charge in [-0.05, 0) is 29.8 Å². The van der Waals surface area contributed by atoms with Crippen molar-refractivity contribution in [2.24, 2.45) is 11.8 Å². The molecule has 0 aliphatic carbocycles. The third kappa shape index (κ3) is 2.46. The summed E-state index contributed by atoms with van der Waals surface area (Å²) in [6, 6.07) is 9.79. The van der Waals surface area contributed by atoms with E-state index >= 15 is 0 Å². The van der Waals surface area contributed by atoms with Crippen molar-refractivity contribution >= 4 is 17.5 Å². The van der Waals surface area contributed by atoms with Gasteiger partial charge in [-0.15, -0.1) is 0 Å². The van der Waals surface area contributed by atoms with Crippen LogP contribution in [0.5, 0.6) is 0 Å². The van der Waals surface area contributed by atoms with Crippen LogP contribution in [0.15, 0.2) is 60.9 Å². The number of nitrogens with one attached hydrogen (secondary N) is 1. The van der Waals surface area contributed by atoms with Crippen molar-refractivity contribution in [3.05, 3.63) is 72.3 Å². The van der Waals surface area contributed by atoms with Crippen molar-refractivity contribution in [1.82, 2.24) is 10.3 Å². The fourth-order valence-electron chi connectivity index (χ4n) is 4.48. The van der Waals surface area contributed by atoms with Crippen LogP contribution in [0.3, 0.4) is 0 Å². The predicted molar refractivity (Wildman–Crippen MR) is 98.6 cm³/mol. The average Bonchev–Trinajstić information content (AvgIpc) is 3.36. The van der Waals surface area contributed by atoms with Gasteiger partial charge in [0.25, 0.3) is 0 Å². The summed E-state index contributed by atoms with van der Waals surface area (Å²) in [7, 11) is 0. The first kappa shape index (κ1) is 17.1. The molecule has 2 aromatic rings. The molecule has 1 aromatic carbocycles. The molecule has 2 fully saturated rings. The predicted octanol–water partition coefficient (Wildman–Crippen LogP) is 1.82. The molecular weight excluding hydrogens is 361 g/mol. The van der Waals surface area contributed by atoms with Crippen molar-refractivity contribution in [3.63, 3.8) is 0 Å². The number of hydrogen-bond acceptors (Lipinski definition) is 4. The van der Waals surface area contributed by atoms with Crippen molar-refractivity contribution in [2.45, 2.75) is 18.2 Å². The summed E-state index contributed by atoms with van der Waals surface area (Å²) in [4.78, 5) is 31.4. The number of halogens is 1. The maximum atomic E-state index is 14.3. The molecular formula is C21H18FN3O3. The first-order valence-corrected chi connectivity index (χ1v) is 9.19. The Hall–Kier alpha value is -3.06.